The van der Waals surface area contributed by atoms with Gasteiger partial charge in [0.05, 0.1) is 17.1 Å². The van der Waals surface area contributed by atoms with Crippen LogP contribution in [0.2, 0.25) is 0 Å². The Morgan fingerprint density at radius 1 is 0.228 bits per heavy atom. The number of para-hydroxylation sites is 7. The first-order chi connectivity index (χ1) is 45.7. The predicted molar refractivity (Wildman–Crippen MR) is 392 cm³/mol. The molecule has 18 rings (SSSR count). The number of fused-ring (bicyclic) bond motifs is 8. The maximum Gasteiger partial charge on any atom is 0.249 e. The van der Waals surface area contributed by atoms with Crippen LogP contribution in [-0.4, -0.2) is 13.4 Å². The normalized spacial score (nSPS) is 12.8. The van der Waals surface area contributed by atoms with Gasteiger partial charge in [-0.1, -0.05) is 277 Å². The molecule has 0 N–H and O–H groups in total. The first-order valence-electron chi connectivity index (χ1n) is 31.5. The van der Waals surface area contributed by atoms with Crippen LogP contribution in [0, 0.1) is 0 Å². The monoisotopic (exact) mass is 1210 g/mol. The van der Waals surface area contributed by atoms with Crippen LogP contribution >= 0.6 is 23.5 Å². The molecule has 4 aliphatic rings. The zero-order valence-corrected chi connectivity index (χ0v) is 51.7. The highest BCUT2D eigenvalue weighted by molar-refractivity contribution is 8.00. The van der Waals surface area contributed by atoms with Crippen molar-refractivity contribution >= 4 is 138 Å². The zero-order valence-electron chi connectivity index (χ0n) is 50.1. The van der Waals surface area contributed by atoms with Crippen molar-refractivity contribution in [2.45, 2.75) is 19.6 Å². The van der Waals surface area contributed by atoms with Crippen LogP contribution in [0.15, 0.2) is 359 Å². The molecular weight excluding hydrogens is 1150 g/mol. The van der Waals surface area contributed by atoms with Gasteiger partial charge in [0.15, 0.2) is 0 Å². The van der Waals surface area contributed by atoms with E-state index < -0.39 is 0 Å². The third-order valence-electron chi connectivity index (χ3n) is 18.7. The molecule has 0 bridgehead atoms. The fourth-order valence-electron chi connectivity index (χ4n) is 14.8. The van der Waals surface area contributed by atoms with Gasteiger partial charge in [0, 0.05) is 87.5 Å². The minimum absolute atomic E-state index is 0.0701. The lowest BCUT2D eigenvalue weighted by atomic mass is 9.31. The molecule has 0 aromatic heterocycles. The van der Waals surface area contributed by atoms with E-state index in [0.29, 0.717) is 0 Å². The van der Waals surface area contributed by atoms with Crippen molar-refractivity contribution in [1.82, 2.24) is 0 Å². The summed E-state index contributed by atoms with van der Waals surface area (Å²) < 4.78 is 0. The Bertz CT molecular complexity index is 5110. The molecule has 14 aromatic carbocycles. The highest BCUT2D eigenvalue weighted by atomic mass is 32.2. The van der Waals surface area contributed by atoms with E-state index in [1.54, 1.807) is 0 Å². The van der Waals surface area contributed by atoms with E-state index in [0.717, 1.165) is 62.3 Å². The number of anilines is 12. The fraction of sp³-hybridized carbons (Fsp3) is 0. The standard InChI is InChI=1S/C84H56B2N4S2/c1-7-29-57(30-8-1)65-41-19-24-46-72(65)88(62-39-17-6-18-40-62)64-52-77-83-82(54-64)92-80-56-76-70(55-71(80)85(83)68-44-22-27-49-75(68)89(77)73-47-25-20-42-66(73)58-31-9-2-10-32-58)86-69-45-23-28-50-79(69)91-81-53-63(87(60-35-13-4-14-36-60)61-37-15-5-16-38-61)51-78(84(81)86)90(76)74-48-26-21-43-67(74)59-33-11-3-12-34-59/h1-56H. The Morgan fingerprint density at radius 2 is 0.620 bits per heavy atom. The minimum atomic E-state index is -0.111. The summed E-state index contributed by atoms with van der Waals surface area (Å²) in [7, 11) is 0. The van der Waals surface area contributed by atoms with Crippen LogP contribution in [0.3, 0.4) is 0 Å². The van der Waals surface area contributed by atoms with Crippen molar-refractivity contribution in [2.24, 2.45) is 0 Å². The minimum Gasteiger partial charge on any atom is -0.311 e. The molecule has 430 valence electrons. The second-order valence-corrected chi connectivity index (χ2v) is 26.0. The summed E-state index contributed by atoms with van der Waals surface area (Å²) >= 11 is 3.82. The molecule has 8 heteroatoms. The first-order valence-corrected chi connectivity index (χ1v) is 33.2. The number of benzene rings is 14. The van der Waals surface area contributed by atoms with Gasteiger partial charge in [-0.15, -0.1) is 0 Å². The third kappa shape index (κ3) is 8.96. The lowest BCUT2D eigenvalue weighted by Crippen LogP contribution is -2.64. The fourth-order valence-corrected chi connectivity index (χ4v) is 17.2. The van der Waals surface area contributed by atoms with E-state index in [1.165, 1.54) is 91.7 Å². The predicted octanol–water partition coefficient (Wildman–Crippen LogP) is 19.2. The Kier molecular flexibility index (Phi) is 13.3. The Morgan fingerprint density at radius 3 is 1.17 bits per heavy atom. The van der Waals surface area contributed by atoms with Gasteiger partial charge in [0.25, 0.3) is 0 Å². The molecule has 92 heavy (non-hydrogen) atoms. The van der Waals surface area contributed by atoms with Crippen molar-refractivity contribution in [3.8, 4) is 33.4 Å². The Labute approximate surface area is 546 Å². The highest BCUT2D eigenvalue weighted by Crippen LogP contribution is 2.53. The van der Waals surface area contributed by atoms with Gasteiger partial charge >= 0.3 is 0 Å². The van der Waals surface area contributed by atoms with Gasteiger partial charge in [0.1, 0.15) is 0 Å². The molecule has 0 atom stereocenters. The second-order valence-electron chi connectivity index (χ2n) is 23.9. The maximum atomic E-state index is 2.65. The van der Waals surface area contributed by atoms with Crippen molar-refractivity contribution in [2.75, 3.05) is 19.6 Å². The third-order valence-corrected chi connectivity index (χ3v) is 21.0. The lowest BCUT2D eigenvalue weighted by Gasteiger charge is -2.44. The quantitative estimate of drug-likeness (QED) is 0.119. The van der Waals surface area contributed by atoms with Crippen LogP contribution in [-0.2, 0) is 0 Å². The highest BCUT2D eigenvalue weighted by Gasteiger charge is 2.47. The van der Waals surface area contributed by atoms with E-state index in [9.17, 15) is 0 Å². The van der Waals surface area contributed by atoms with Crippen molar-refractivity contribution in [3.63, 3.8) is 0 Å². The molecular formula is C84H56B2N4S2. The zero-order chi connectivity index (χ0) is 60.6. The SMILES string of the molecule is c1ccc(-c2ccccc2N(c2ccccc2)c2cc3c4c(c2)N(c2ccccc2-c2ccccc2)c2ccccc2B4c2cc4c(cc2S3)N(c2ccccc2-c2ccccc2)c2cc(N(c3ccccc3)c3ccccc3)cc3c2B4c2ccccc2S3)cc1. The summed E-state index contributed by atoms with van der Waals surface area (Å²) in [6.45, 7) is -0.181. The van der Waals surface area contributed by atoms with Crippen LogP contribution in [0.5, 0.6) is 0 Å². The molecule has 4 aliphatic heterocycles. The molecule has 14 aromatic rings. The summed E-state index contributed by atoms with van der Waals surface area (Å²) in [5.41, 5.74) is 28.4. The summed E-state index contributed by atoms with van der Waals surface area (Å²) in [5, 5.41) is 0. The van der Waals surface area contributed by atoms with E-state index in [1.807, 2.05) is 23.5 Å². The molecule has 0 aliphatic carbocycles. The van der Waals surface area contributed by atoms with E-state index in [2.05, 4.69) is 359 Å². The average molecular weight is 1210 g/mol. The molecule has 0 amide bonds. The summed E-state index contributed by atoms with van der Waals surface area (Å²) in [5.74, 6) is 0. The van der Waals surface area contributed by atoms with Crippen molar-refractivity contribution < 1.29 is 0 Å². The van der Waals surface area contributed by atoms with Gasteiger partial charge in [-0.25, -0.2) is 0 Å². The van der Waals surface area contributed by atoms with Gasteiger partial charge < -0.3 is 19.6 Å². The Balaban J connectivity index is 0.923. The van der Waals surface area contributed by atoms with E-state index in [4.69, 9.17) is 0 Å². The van der Waals surface area contributed by atoms with Crippen LogP contribution in [0.4, 0.5) is 68.2 Å². The average Bonchev–Trinajstić information content (AvgIpc) is 0.696. The molecule has 0 fully saturated rings. The van der Waals surface area contributed by atoms with Crippen LogP contribution in [0.25, 0.3) is 33.4 Å². The number of nitrogens with zero attached hydrogens (tertiary/aromatic N) is 4. The number of hydrogen-bond acceptors (Lipinski definition) is 6. The van der Waals surface area contributed by atoms with E-state index >= 15 is 0 Å². The van der Waals surface area contributed by atoms with Gasteiger partial charge in [-0.05, 0) is 136 Å². The smallest absolute Gasteiger partial charge is 0.249 e. The topological polar surface area (TPSA) is 13.0 Å². The number of hydrogen-bond donors (Lipinski definition) is 0. The summed E-state index contributed by atoms with van der Waals surface area (Å²) in [4.78, 5) is 15.1. The molecule has 4 nitrogen and oxygen atoms in total. The van der Waals surface area contributed by atoms with Crippen molar-refractivity contribution in [1.29, 1.82) is 0 Å². The van der Waals surface area contributed by atoms with Crippen LogP contribution < -0.4 is 52.4 Å². The second kappa shape index (κ2) is 22.5. The molecule has 0 unspecified atom stereocenters. The Hall–Kier alpha value is -10.9. The van der Waals surface area contributed by atoms with Gasteiger partial charge in [0.2, 0.25) is 13.4 Å². The molecule has 0 saturated heterocycles. The molecule has 4 heterocycles. The van der Waals surface area contributed by atoms with Gasteiger partial charge in [-0.2, -0.15) is 0 Å². The maximum absolute atomic E-state index is 2.65. The molecule has 0 spiro atoms. The van der Waals surface area contributed by atoms with Crippen LogP contribution in [0.1, 0.15) is 0 Å². The summed E-state index contributed by atoms with van der Waals surface area (Å²) in [6, 6.07) is 126. The first kappa shape index (κ1) is 54.1. The largest absolute Gasteiger partial charge is 0.311 e. The van der Waals surface area contributed by atoms with E-state index in [-0.39, 0.29) is 13.4 Å². The molecule has 0 saturated carbocycles. The summed E-state index contributed by atoms with van der Waals surface area (Å²) in [6.07, 6.45) is 0. The lowest BCUT2D eigenvalue weighted by molar-refractivity contribution is 1.22. The van der Waals surface area contributed by atoms with Crippen molar-refractivity contribution in [3.05, 3.63) is 340 Å². The molecule has 0 radical (unpaired) electrons. The number of rotatable bonds is 11. The van der Waals surface area contributed by atoms with Gasteiger partial charge in [-0.3, -0.25) is 0 Å².